The summed E-state index contributed by atoms with van der Waals surface area (Å²) in [6.45, 7) is 0. The molecule has 0 spiro atoms. The molecular formula is C20H13ClFN3O3. The highest BCUT2D eigenvalue weighted by atomic mass is 35.5. The second kappa shape index (κ2) is 6.86. The zero-order valence-electron chi connectivity index (χ0n) is 14.3. The predicted octanol–water partition coefficient (Wildman–Crippen LogP) is 4.65. The molecule has 1 aromatic heterocycles. The van der Waals surface area contributed by atoms with Gasteiger partial charge in [-0.25, -0.2) is 13.9 Å². The van der Waals surface area contributed by atoms with Gasteiger partial charge >= 0.3 is 6.09 Å². The Hall–Kier alpha value is -3.58. The number of amides is 1. The van der Waals surface area contributed by atoms with Crippen molar-refractivity contribution < 1.29 is 19.0 Å². The number of carbonyl (C=O) groups is 1. The van der Waals surface area contributed by atoms with Crippen molar-refractivity contribution in [2.24, 2.45) is 5.73 Å². The number of carbonyl (C=O) groups excluding carboxylic acids is 1. The predicted molar refractivity (Wildman–Crippen MR) is 103 cm³/mol. The van der Waals surface area contributed by atoms with Crippen molar-refractivity contribution in [3.63, 3.8) is 0 Å². The van der Waals surface area contributed by atoms with E-state index in [1.54, 1.807) is 23.0 Å². The number of nitrogens with zero attached hydrogens (tertiary/aromatic N) is 2. The van der Waals surface area contributed by atoms with Crippen LogP contribution in [0.2, 0.25) is 5.02 Å². The molecule has 1 heterocycles. The van der Waals surface area contributed by atoms with E-state index in [0.29, 0.717) is 10.7 Å². The monoisotopic (exact) mass is 397 g/mol. The molecule has 4 rings (SSSR count). The van der Waals surface area contributed by atoms with Crippen molar-refractivity contribution in [1.82, 2.24) is 9.78 Å². The number of ether oxygens (including phenoxy) is 1. The summed E-state index contributed by atoms with van der Waals surface area (Å²) in [6.07, 6.45) is 0.752. The Kier molecular flexibility index (Phi) is 4.37. The van der Waals surface area contributed by atoms with Crippen LogP contribution in [0.5, 0.6) is 11.5 Å². The molecule has 0 aliphatic heterocycles. The summed E-state index contributed by atoms with van der Waals surface area (Å²) in [4.78, 5) is 10.9. The van der Waals surface area contributed by atoms with E-state index in [9.17, 15) is 14.3 Å². The van der Waals surface area contributed by atoms with Crippen LogP contribution in [0.15, 0.2) is 60.8 Å². The fourth-order valence-electron chi connectivity index (χ4n) is 2.95. The number of aromatic hydroxyl groups is 1. The topological polar surface area (TPSA) is 90.4 Å². The fraction of sp³-hybridized carbons (Fsp3) is 0. The lowest BCUT2D eigenvalue weighted by Gasteiger charge is -2.08. The summed E-state index contributed by atoms with van der Waals surface area (Å²) in [5, 5.41) is 15.1. The molecule has 0 aliphatic carbocycles. The minimum atomic E-state index is -0.913. The molecule has 1 amide bonds. The third kappa shape index (κ3) is 3.23. The summed E-state index contributed by atoms with van der Waals surface area (Å²) >= 11 is 6.32. The molecule has 0 bridgehead atoms. The standard InChI is InChI=1S/C20H13ClFN3O3/c21-16-9-14(28-20(23)27)3-4-15(16)11-1-6-18-12(7-11)10-24-25(18)13-2-5-17(22)19(26)8-13/h1-10,26H,(H2,23,27). The molecule has 6 nitrogen and oxygen atoms in total. The van der Waals surface area contributed by atoms with Crippen molar-refractivity contribution in [1.29, 1.82) is 0 Å². The number of fused-ring (bicyclic) bond motifs is 1. The number of benzene rings is 3. The third-order valence-electron chi connectivity index (χ3n) is 4.21. The first-order chi connectivity index (χ1) is 13.4. The van der Waals surface area contributed by atoms with Crippen molar-refractivity contribution >= 4 is 28.6 Å². The van der Waals surface area contributed by atoms with Crippen molar-refractivity contribution in [3.8, 4) is 28.3 Å². The molecule has 28 heavy (non-hydrogen) atoms. The highest BCUT2D eigenvalue weighted by Gasteiger charge is 2.11. The zero-order chi connectivity index (χ0) is 19.8. The van der Waals surface area contributed by atoms with Gasteiger partial charge in [-0.2, -0.15) is 5.10 Å². The first-order valence-electron chi connectivity index (χ1n) is 8.16. The number of nitrogens with two attached hydrogens (primary N) is 1. The summed E-state index contributed by atoms with van der Waals surface area (Å²) < 4.78 is 19.7. The summed E-state index contributed by atoms with van der Waals surface area (Å²) in [5.41, 5.74) is 7.90. The average molecular weight is 398 g/mol. The van der Waals surface area contributed by atoms with Gasteiger partial charge in [0.1, 0.15) is 5.75 Å². The van der Waals surface area contributed by atoms with Gasteiger partial charge in [0.05, 0.1) is 22.4 Å². The molecule has 0 saturated carbocycles. The van der Waals surface area contributed by atoms with Crippen LogP contribution >= 0.6 is 11.6 Å². The minimum Gasteiger partial charge on any atom is -0.505 e. The maximum Gasteiger partial charge on any atom is 0.409 e. The Labute approximate surface area is 163 Å². The molecule has 0 fully saturated rings. The Morgan fingerprint density at radius 1 is 1.14 bits per heavy atom. The molecule has 4 aromatic rings. The Bertz CT molecular complexity index is 1220. The average Bonchev–Trinajstić information content (AvgIpc) is 3.07. The van der Waals surface area contributed by atoms with Gasteiger partial charge in [-0.05, 0) is 42.0 Å². The molecule has 3 aromatic carbocycles. The second-order valence-corrected chi connectivity index (χ2v) is 6.44. The zero-order valence-corrected chi connectivity index (χ0v) is 15.0. The Morgan fingerprint density at radius 2 is 1.96 bits per heavy atom. The lowest BCUT2D eigenvalue weighted by Crippen LogP contribution is -2.16. The maximum absolute atomic E-state index is 13.3. The molecule has 0 saturated heterocycles. The lowest BCUT2D eigenvalue weighted by molar-refractivity contribution is 0.211. The molecule has 0 radical (unpaired) electrons. The highest BCUT2D eigenvalue weighted by molar-refractivity contribution is 6.33. The number of halogens is 2. The van der Waals surface area contributed by atoms with Crippen molar-refractivity contribution in [3.05, 3.63) is 71.6 Å². The number of rotatable bonds is 3. The molecule has 0 aliphatic rings. The SMILES string of the molecule is NC(=O)Oc1ccc(-c2ccc3c(cnn3-c3ccc(F)c(O)c3)c2)c(Cl)c1. The summed E-state index contributed by atoms with van der Waals surface area (Å²) in [7, 11) is 0. The van der Waals surface area contributed by atoms with E-state index in [4.69, 9.17) is 22.1 Å². The van der Waals surface area contributed by atoms with Gasteiger partial charge in [0.15, 0.2) is 11.6 Å². The lowest BCUT2D eigenvalue weighted by atomic mass is 10.0. The minimum absolute atomic E-state index is 0.256. The van der Waals surface area contributed by atoms with E-state index in [0.717, 1.165) is 22.0 Å². The summed E-state index contributed by atoms with van der Waals surface area (Å²) in [6, 6.07) is 14.5. The number of phenols is 1. The van der Waals surface area contributed by atoms with Gasteiger partial charge in [-0.1, -0.05) is 17.7 Å². The van der Waals surface area contributed by atoms with Gasteiger partial charge in [-0.3, -0.25) is 0 Å². The highest BCUT2D eigenvalue weighted by Crippen LogP contribution is 2.33. The van der Waals surface area contributed by atoms with Gasteiger partial charge in [0.2, 0.25) is 0 Å². The first-order valence-corrected chi connectivity index (χ1v) is 8.54. The van der Waals surface area contributed by atoms with E-state index >= 15 is 0 Å². The molecule has 8 heteroatoms. The van der Waals surface area contributed by atoms with Gasteiger partial charge in [-0.15, -0.1) is 0 Å². The number of primary amides is 1. The van der Waals surface area contributed by atoms with Crippen LogP contribution in [0.1, 0.15) is 0 Å². The van der Waals surface area contributed by atoms with E-state index in [-0.39, 0.29) is 5.75 Å². The van der Waals surface area contributed by atoms with Gasteiger partial charge in [0.25, 0.3) is 0 Å². The van der Waals surface area contributed by atoms with Crippen LogP contribution in [0.25, 0.3) is 27.7 Å². The second-order valence-electron chi connectivity index (χ2n) is 6.03. The van der Waals surface area contributed by atoms with E-state index in [1.165, 1.54) is 24.3 Å². The van der Waals surface area contributed by atoms with Crippen molar-refractivity contribution in [2.45, 2.75) is 0 Å². The molecule has 0 atom stereocenters. The largest absolute Gasteiger partial charge is 0.505 e. The van der Waals surface area contributed by atoms with Crippen molar-refractivity contribution in [2.75, 3.05) is 0 Å². The first kappa shape index (κ1) is 17.8. The van der Waals surface area contributed by atoms with Crippen LogP contribution in [0, 0.1) is 5.82 Å². The molecule has 3 N–H and O–H groups in total. The third-order valence-corrected chi connectivity index (χ3v) is 4.53. The number of hydrogen-bond acceptors (Lipinski definition) is 4. The molecular weight excluding hydrogens is 385 g/mol. The fourth-order valence-corrected chi connectivity index (χ4v) is 3.23. The van der Waals surface area contributed by atoms with E-state index in [1.807, 2.05) is 18.2 Å². The van der Waals surface area contributed by atoms with E-state index in [2.05, 4.69) is 5.10 Å². The van der Waals surface area contributed by atoms with Gasteiger partial charge in [0, 0.05) is 23.1 Å². The van der Waals surface area contributed by atoms with E-state index < -0.39 is 17.7 Å². The quantitative estimate of drug-likeness (QED) is 0.526. The van der Waals surface area contributed by atoms with Crippen LogP contribution in [-0.4, -0.2) is 21.0 Å². The smallest absolute Gasteiger partial charge is 0.409 e. The Balaban J connectivity index is 1.73. The van der Waals surface area contributed by atoms with Crippen LogP contribution in [0.3, 0.4) is 0 Å². The normalized spacial score (nSPS) is 10.9. The summed E-state index contributed by atoms with van der Waals surface area (Å²) in [5.74, 6) is -0.880. The number of phenolic OH excluding ortho intramolecular Hbond substituents is 1. The number of hydrogen-bond donors (Lipinski definition) is 2. The maximum atomic E-state index is 13.3. The molecule has 0 unspecified atom stereocenters. The van der Waals surface area contributed by atoms with Crippen LogP contribution in [0.4, 0.5) is 9.18 Å². The number of aromatic nitrogens is 2. The van der Waals surface area contributed by atoms with Crippen LogP contribution < -0.4 is 10.5 Å². The Morgan fingerprint density at radius 3 is 2.68 bits per heavy atom. The van der Waals surface area contributed by atoms with Gasteiger partial charge < -0.3 is 15.6 Å². The molecule has 140 valence electrons. The van der Waals surface area contributed by atoms with Crippen LogP contribution in [-0.2, 0) is 0 Å².